The van der Waals surface area contributed by atoms with Crippen molar-refractivity contribution in [3.63, 3.8) is 0 Å². The van der Waals surface area contributed by atoms with E-state index in [2.05, 4.69) is 67.7 Å². The van der Waals surface area contributed by atoms with Crippen molar-refractivity contribution in [3.05, 3.63) is 59.0 Å². The van der Waals surface area contributed by atoms with Gasteiger partial charge in [-0.25, -0.2) is 0 Å². The van der Waals surface area contributed by atoms with E-state index in [-0.39, 0.29) is 5.41 Å². The third-order valence-corrected chi connectivity index (χ3v) is 9.83. The lowest BCUT2D eigenvalue weighted by atomic mass is 9.88. The normalized spacial score (nSPS) is 14.4. The Hall–Kier alpha value is -2.52. The lowest BCUT2D eigenvalue weighted by Gasteiger charge is -2.18. The monoisotopic (exact) mass is 474 g/mol. The molecule has 2 aromatic carbocycles. The molecule has 0 aliphatic heterocycles. The van der Waals surface area contributed by atoms with E-state index in [1.807, 2.05) is 34.8 Å². The van der Waals surface area contributed by atoms with E-state index in [0.29, 0.717) is 0 Å². The van der Waals surface area contributed by atoms with E-state index in [1.165, 1.54) is 65.2 Å². The molecular formula is C23H14N4S4. The predicted octanol–water partition coefficient (Wildman–Crippen LogP) is 7.46. The summed E-state index contributed by atoms with van der Waals surface area (Å²) in [6.45, 7) is 4.68. The fourth-order valence-electron chi connectivity index (χ4n) is 4.48. The molecule has 0 fully saturated rings. The molecule has 0 spiro atoms. The number of rotatable bonds is 2. The molecule has 4 heterocycles. The number of hydrogen-bond acceptors (Lipinski definition) is 8. The van der Waals surface area contributed by atoms with Crippen LogP contribution in [0.4, 0.5) is 0 Å². The molecule has 7 rings (SSSR count). The molecule has 0 unspecified atom stereocenters. The number of thiophene rings is 2. The zero-order valence-electron chi connectivity index (χ0n) is 16.5. The SMILES string of the molecule is CC1(C)c2cc(-c3cccc4nsnc34)sc2-c2cc(-c3cccc4nsnc34)sc21. The van der Waals surface area contributed by atoms with Gasteiger partial charge in [0.05, 0.1) is 23.5 Å². The molecule has 0 N–H and O–H groups in total. The predicted molar refractivity (Wildman–Crippen MR) is 133 cm³/mol. The minimum absolute atomic E-state index is 0.0230. The second kappa shape index (κ2) is 6.26. The molecule has 1 aliphatic rings. The fourth-order valence-corrected chi connectivity index (χ4v) is 8.31. The lowest BCUT2D eigenvalue weighted by molar-refractivity contribution is 0.676. The molecule has 0 radical (unpaired) electrons. The molecule has 150 valence electrons. The topological polar surface area (TPSA) is 51.6 Å². The zero-order valence-corrected chi connectivity index (χ0v) is 19.8. The third-order valence-electron chi connectivity index (χ3n) is 6.05. The summed E-state index contributed by atoms with van der Waals surface area (Å²) < 4.78 is 17.9. The van der Waals surface area contributed by atoms with Crippen molar-refractivity contribution in [2.45, 2.75) is 19.3 Å². The molecule has 8 heteroatoms. The summed E-state index contributed by atoms with van der Waals surface area (Å²) in [7, 11) is 0. The van der Waals surface area contributed by atoms with Crippen LogP contribution in [-0.4, -0.2) is 17.5 Å². The summed E-state index contributed by atoms with van der Waals surface area (Å²) in [6, 6.07) is 17.3. The molecule has 0 bridgehead atoms. The molecule has 1 aliphatic carbocycles. The van der Waals surface area contributed by atoms with E-state index >= 15 is 0 Å². The Kier molecular flexibility index (Phi) is 3.65. The summed E-state index contributed by atoms with van der Waals surface area (Å²) in [6.07, 6.45) is 0. The highest BCUT2D eigenvalue weighted by molar-refractivity contribution is 7.21. The van der Waals surface area contributed by atoms with Crippen LogP contribution in [0.5, 0.6) is 0 Å². The molecule has 0 saturated heterocycles. The number of benzene rings is 2. The first-order valence-electron chi connectivity index (χ1n) is 9.83. The standard InChI is InChI=1S/C23H14N4S4/c1-23(2)14-10-18(12-6-4-8-16-20(12)27-31-25-16)28-21(14)13-9-17(29-22(13)23)11-5-3-7-15-19(11)26-30-24-15/h3-10H,1-2H3. The Labute approximate surface area is 194 Å². The first-order chi connectivity index (χ1) is 15.1. The third kappa shape index (κ3) is 2.44. The quantitative estimate of drug-likeness (QED) is 0.261. The van der Waals surface area contributed by atoms with Gasteiger partial charge in [-0.05, 0) is 29.8 Å². The average Bonchev–Trinajstić information content (AvgIpc) is 3.57. The van der Waals surface area contributed by atoms with Gasteiger partial charge in [0, 0.05) is 41.6 Å². The van der Waals surface area contributed by atoms with Gasteiger partial charge in [0.25, 0.3) is 0 Å². The van der Waals surface area contributed by atoms with Crippen molar-refractivity contribution in [3.8, 4) is 31.3 Å². The van der Waals surface area contributed by atoms with Gasteiger partial charge in [0.15, 0.2) is 0 Å². The van der Waals surface area contributed by atoms with Gasteiger partial charge in [0.1, 0.15) is 22.1 Å². The number of fused-ring (bicyclic) bond motifs is 5. The average molecular weight is 475 g/mol. The van der Waals surface area contributed by atoms with Crippen LogP contribution in [0, 0.1) is 0 Å². The van der Waals surface area contributed by atoms with Crippen LogP contribution >= 0.6 is 46.1 Å². The van der Waals surface area contributed by atoms with Crippen LogP contribution in [0.3, 0.4) is 0 Å². The molecule has 0 amide bonds. The molecule has 31 heavy (non-hydrogen) atoms. The highest BCUT2D eigenvalue weighted by Gasteiger charge is 2.40. The van der Waals surface area contributed by atoms with Crippen LogP contribution in [0.2, 0.25) is 0 Å². The lowest BCUT2D eigenvalue weighted by Crippen LogP contribution is -2.12. The molecular weight excluding hydrogens is 461 g/mol. The number of hydrogen-bond donors (Lipinski definition) is 0. The maximum absolute atomic E-state index is 4.55. The van der Waals surface area contributed by atoms with E-state index in [4.69, 9.17) is 0 Å². The summed E-state index contributed by atoms with van der Waals surface area (Å²) in [5.41, 5.74) is 9.05. The minimum atomic E-state index is -0.0230. The second-order valence-corrected chi connectivity index (χ2v) is 11.4. The Bertz CT molecular complexity index is 1510. The van der Waals surface area contributed by atoms with E-state index in [9.17, 15) is 0 Å². The smallest absolute Gasteiger partial charge is 0.113 e. The molecule has 4 nitrogen and oxygen atoms in total. The Morgan fingerprint density at radius 2 is 1.29 bits per heavy atom. The van der Waals surface area contributed by atoms with E-state index < -0.39 is 0 Å². The number of aromatic nitrogens is 4. The van der Waals surface area contributed by atoms with Crippen molar-refractivity contribution in [2.24, 2.45) is 0 Å². The fraction of sp³-hybridized carbons (Fsp3) is 0.130. The van der Waals surface area contributed by atoms with E-state index in [1.54, 1.807) is 0 Å². The van der Waals surface area contributed by atoms with Crippen molar-refractivity contribution in [1.29, 1.82) is 0 Å². The van der Waals surface area contributed by atoms with Crippen LogP contribution in [-0.2, 0) is 5.41 Å². The van der Waals surface area contributed by atoms with Crippen molar-refractivity contribution < 1.29 is 0 Å². The summed E-state index contributed by atoms with van der Waals surface area (Å²) >= 11 is 6.32. The first kappa shape index (κ1) is 18.1. The highest BCUT2D eigenvalue weighted by atomic mass is 32.1. The van der Waals surface area contributed by atoms with Crippen LogP contribution < -0.4 is 0 Å². The van der Waals surface area contributed by atoms with Crippen molar-refractivity contribution in [2.75, 3.05) is 0 Å². The van der Waals surface area contributed by atoms with Gasteiger partial charge in [-0.2, -0.15) is 17.5 Å². The highest BCUT2D eigenvalue weighted by Crippen LogP contribution is 2.58. The number of nitrogens with zero attached hydrogens (tertiary/aromatic N) is 4. The Balaban J connectivity index is 1.42. The van der Waals surface area contributed by atoms with Gasteiger partial charge in [-0.1, -0.05) is 38.1 Å². The molecule has 0 atom stereocenters. The van der Waals surface area contributed by atoms with Gasteiger partial charge in [-0.3, -0.25) is 0 Å². The molecule has 4 aromatic heterocycles. The van der Waals surface area contributed by atoms with Gasteiger partial charge in [0.2, 0.25) is 0 Å². The zero-order chi connectivity index (χ0) is 20.7. The van der Waals surface area contributed by atoms with Crippen LogP contribution in [0.25, 0.3) is 53.4 Å². The van der Waals surface area contributed by atoms with Gasteiger partial charge < -0.3 is 0 Å². The van der Waals surface area contributed by atoms with Gasteiger partial charge in [-0.15, -0.1) is 22.7 Å². The maximum Gasteiger partial charge on any atom is 0.113 e. The minimum Gasteiger partial charge on any atom is -0.173 e. The summed E-state index contributed by atoms with van der Waals surface area (Å²) in [5.74, 6) is 0. The largest absolute Gasteiger partial charge is 0.173 e. The Morgan fingerprint density at radius 1 is 0.677 bits per heavy atom. The van der Waals surface area contributed by atoms with Crippen molar-refractivity contribution >= 4 is 68.2 Å². The molecule has 6 aromatic rings. The second-order valence-electron chi connectivity index (χ2n) is 8.21. The van der Waals surface area contributed by atoms with Crippen molar-refractivity contribution in [1.82, 2.24) is 17.5 Å². The maximum atomic E-state index is 4.55. The molecule has 0 saturated carbocycles. The first-order valence-corrected chi connectivity index (χ1v) is 12.9. The summed E-state index contributed by atoms with van der Waals surface area (Å²) in [4.78, 5) is 5.34. The van der Waals surface area contributed by atoms with Crippen LogP contribution in [0.15, 0.2) is 48.5 Å². The Morgan fingerprint density at radius 3 is 1.94 bits per heavy atom. The van der Waals surface area contributed by atoms with Gasteiger partial charge >= 0.3 is 0 Å². The summed E-state index contributed by atoms with van der Waals surface area (Å²) in [5, 5.41) is 0. The van der Waals surface area contributed by atoms with E-state index in [0.717, 1.165) is 22.1 Å². The van der Waals surface area contributed by atoms with Crippen LogP contribution in [0.1, 0.15) is 24.3 Å².